The van der Waals surface area contributed by atoms with Gasteiger partial charge in [0.15, 0.2) is 0 Å². The number of benzene rings is 1. The molecule has 1 fully saturated rings. The van der Waals surface area contributed by atoms with Crippen LogP contribution in [0.25, 0.3) is 0 Å². The van der Waals surface area contributed by atoms with Gasteiger partial charge < -0.3 is 5.32 Å². The van der Waals surface area contributed by atoms with Crippen LogP contribution in [0.1, 0.15) is 18.4 Å². The van der Waals surface area contributed by atoms with Crippen molar-refractivity contribution in [2.75, 3.05) is 25.0 Å². The number of halogens is 3. The molecule has 1 saturated heterocycles. The van der Waals surface area contributed by atoms with Crippen LogP contribution in [0.2, 0.25) is 0 Å². The SMILES string of the molecule is C=C1CCN(CC(=O)Nc2cccc(C(F)(F)F)c2)CC1. The van der Waals surface area contributed by atoms with Gasteiger partial charge in [0.05, 0.1) is 12.1 Å². The maximum atomic E-state index is 12.6. The molecule has 1 aromatic rings. The van der Waals surface area contributed by atoms with E-state index in [0.29, 0.717) is 0 Å². The second-order valence-electron chi connectivity index (χ2n) is 5.15. The van der Waals surface area contributed by atoms with Gasteiger partial charge in [0, 0.05) is 18.8 Å². The number of hydrogen-bond acceptors (Lipinski definition) is 2. The Morgan fingerprint density at radius 2 is 1.95 bits per heavy atom. The Morgan fingerprint density at radius 1 is 1.29 bits per heavy atom. The molecule has 1 heterocycles. The van der Waals surface area contributed by atoms with Crippen molar-refractivity contribution in [2.24, 2.45) is 0 Å². The lowest BCUT2D eigenvalue weighted by Gasteiger charge is -2.27. The highest BCUT2D eigenvalue weighted by Crippen LogP contribution is 2.30. The molecular formula is C15H17F3N2O. The molecule has 0 atom stereocenters. The van der Waals surface area contributed by atoms with Crippen molar-refractivity contribution in [1.29, 1.82) is 0 Å². The molecule has 6 heteroatoms. The van der Waals surface area contributed by atoms with Crippen LogP contribution in [0.15, 0.2) is 36.4 Å². The highest BCUT2D eigenvalue weighted by molar-refractivity contribution is 5.92. The van der Waals surface area contributed by atoms with Gasteiger partial charge in [0.2, 0.25) is 5.91 Å². The van der Waals surface area contributed by atoms with Gasteiger partial charge in [0.1, 0.15) is 0 Å². The van der Waals surface area contributed by atoms with Crippen LogP contribution >= 0.6 is 0 Å². The molecule has 114 valence electrons. The van der Waals surface area contributed by atoms with Gasteiger partial charge in [-0.3, -0.25) is 9.69 Å². The number of hydrogen-bond donors (Lipinski definition) is 1. The molecule has 0 unspecified atom stereocenters. The molecule has 0 spiro atoms. The van der Waals surface area contributed by atoms with Crippen LogP contribution < -0.4 is 5.32 Å². The molecule has 1 N–H and O–H groups in total. The second kappa shape index (κ2) is 6.30. The normalized spacial score (nSPS) is 16.8. The third-order valence-corrected chi connectivity index (χ3v) is 3.40. The minimum atomic E-state index is -4.41. The average molecular weight is 298 g/mol. The van der Waals surface area contributed by atoms with Crippen LogP contribution in [0, 0.1) is 0 Å². The molecule has 0 aliphatic carbocycles. The summed E-state index contributed by atoms with van der Waals surface area (Å²) in [6.07, 6.45) is -2.69. The van der Waals surface area contributed by atoms with Gasteiger partial charge in [-0.1, -0.05) is 18.2 Å². The lowest BCUT2D eigenvalue weighted by Crippen LogP contribution is -2.37. The zero-order valence-corrected chi connectivity index (χ0v) is 11.5. The molecule has 1 amide bonds. The first-order chi connectivity index (χ1) is 9.84. The molecule has 1 aromatic carbocycles. The molecule has 1 aliphatic heterocycles. The molecule has 3 nitrogen and oxygen atoms in total. The van der Waals surface area contributed by atoms with Crippen molar-refractivity contribution in [3.05, 3.63) is 42.0 Å². The zero-order chi connectivity index (χ0) is 15.5. The van der Waals surface area contributed by atoms with E-state index in [1.54, 1.807) is 0 Å². The monoisotopic (exact) mass is 298 g/mol. The molecule has 0 radical (unpaired) electrons. The summed E-state index contributed by atoms with van der Waals surface area (Å²) in [5.41, 5.74) is 0.565. The number of alkyl halides is 3. The fraction of sp³-hybridized carbons (Fsp3) is 0.400. The van der Waals surface area contributed by atoms with E-state index in [2.05, 4.69) is 11.9 Å². The van der Waals surface area contributed by atoms with Gasteiger partial charge >= 0.3 is 6.18 Å². The van der Waals surface area contributed by atoms with E-state index in [9.17, 15) is 18.0 Å². The van der Waals surface area contributed by atoms with E-state index >= 15 is 0 Å². The number of nitrogens with zero attached hydrogens (tertiary/aromatic N) is 1. The van der Waals surface area contributed by atoms with E-state index in [1.165, 1.54) is 17.7 Å². The number of likely N-dealkylation sites (tertiary alicyclic amines) is 1. The summed E-state index contributed by atoms with van der Waals surface area (Å²) in [6.45, 7) is 5.60. The largest absolute Gasteiger partial charge is 0.416 e. The first kappa shape index (κ1) is 15.6. The fourth-order valence-corrected chi connectivity index (χ4v) is 2.20. The molecule has 0 bridgehead atoms. The Bertz CT molecular complexity index is 530. The minimum absolute atomic E-state index is 0.163. The Hall–Kier alpha value is -1.82. The van der Waals surface area contributed by atoms with Gasteiger partial charge in [-0.2, -0.15) is 13.2 Å². The lowest BCUT2D eigenvalue weighted by molar-refractivity contribution is -0.137. The first-order valence-corrected chi connectivity index (χ1v) is 6.71. The zero-order valence-electron chi connectivity index (χ0n) is 11.5. The van der Waals surface area contributed by atoms with E-state index in [1.807, 2.05) is 4.90 Å². The van der Waals surface area contributed by atoms with Crippen LogP contribution in [0.4, 0.5) is 18.9 Å². The lowest BCUT2D eigenvalue weighted by atomic mass is 10.1. The number of amides is 1. The Labute approximate surface area is 121 Å². The van der Waals surface area contributed by atoms with Gasteiger partial charge in [-0.25, -0.2) is 0 Å². The van der Waals surface area contributed by atoms with Crippen LogP contribution in [0.3, 0.4) is 0 Å². The summed E-state index contributed by atoms with van der Waals surface area (Å²) < 4.78 is 37.8. The van der Waals surface area contributed by atoms with E-state index in [0.717, 1.165) is 38.1 Å². The molecule has 0 aromatic heterocycles. The topological polar surface area (TPSA) is 32.3 Å². The number of carbonyl (C=O) groups excluding carboxylic acids is 1. The molecule has 21 heavy (non-hydrogen) atoms. The van der Waals surface area contributed by atoms with Gasteiger partial charge in [-0.05, 0) is 31.0 Å². The number of rotatable bonds is 3. The molecule has 0 saturated carbocycles. The molecular weight excluding hydrogens is 281 g/mol. The van der Waals surface area contributed by atoms with Crippen molar-refractivity contribution in [3.8, 4) is 0 Å². The van der Waals surface area contributed by atoms with E-state index in [4.69, 9.17) is 0 Å². The highest BCUT2D eigenvalue weighted by Gasteiger charge is 2.30. The third-order valence-electron chi connectivity index (χ3n) is 3.40. The quantitative estimate of drug-likeness (QED) is 0.868. The minimum Gasteiger partial charge on any atom is -0.325 e. The van der Waals surface area contributed by atoms with Crippen molar-refractivity contribution < 1.29 is 18.0 Å². The Balaban J connectivity index is 1.92. The Kier molecular flexibility index (Phi) is 4.67. The van der Waals surface area contributed by atoms with Gasteiger partial charge in [0.25, 0.3) is 0 Å². The predicted molar refractivity (Wildman–Crippen MR) is 74.9 cm³/mol. The summed E-state index contributed by atoms with van der Waals surface area (Å²) in [5.74, 6) is -0.304. The van der Waals surface area contributed by atoms with Crippen molar-refractivity contribution in [2.45, 2.75) is 19.0 Å². The van der Waals surface area contributed by atoms with Gasteiger partial charge in [-0.15, -0.1) is 0 Å². The van der Waals surface area contributed by atoms with E-state index in [-0.39, 0.29) is 18.1 Å². The van der Waals surface area contributed by atoms with Crippen LogP contribution in [0.5, 0.6) is 0 Å². The Morgan fingerprint density at radius 3 is 2.57 bits per heavy atom. The van der Waals surface area contributed by atoms with Crippen molar-refractivity contribution in [3.63, 3.8) is 0 Å². The summed E-state index contributed by atoms with van der Waals surface area (Å²) in [7, 11) is 0. The number of anilines is 1. The average Bonchev–Trinajstić information content (AvgIpc) is 2.41. The summed E-state index contributed by atoms with van der Waals surface area (Å²) in [4.78, 5) is 13.8. The summed E-state index contributed by atoms with van der Waals surface area (Å²) in [5, 5.41) is 2.51. The van der Waals surface area contributed by atoms with E-state index < -0.39 is 11.7 Å². The number of piperidine rings is 1. The van der Waals surface area contributed by atoms with Crippen LogP contribution in [-0.4, -0.2) is 30.4 Å². The highest BCUT2D eigenvalue weighted by atomic mass is 19.4. The van der Waals surface area contributed by atoms with Crippen molar-refractivity contribution >= 4 is 11.6 Å². The summed E-state index contributed by atoms with van der Waals surface area (Å²) in [6, 6.07) is 4.65. The second-order valence-corrected chi connectivity index (χ2v) is 5.15. The van der Waals surface area contributed by atoms with Crippen LogP contribution in [-0.2, 0) is 11.0 Å². The fourth-order valence-electron chi connectivity index (χ4n) is 2.20. The standard InChI is InChI=1S/C15H17F3N2O/c1-11-5-7-20(8-6-11)10-14(21)19-13-4-2-3-12(9-13)15(16,17)18/h2-4,9H,1,5-8,10H2,(H,19,21). The number of carbonyl (C=O) groups is 1. The number of nitrogens with one attached hydrogen (secondary N) is 1. The maximum absolute atomic E-state index is 12.6. The van der Waals surface area contributed by atoms with Crippen molar-refractivity contribution in [1.82, 2.24) is 4.90 Å². The smallest absolute Gasteiger partial charge is 0.325 e. The third kappa shape index (κ3) is 4.60. The summed E-state index contributed by atoms with van der Waals surface area (Å²) >= 11 is 0. The first-order valence-electron chi connectivity index (χ1n) is 6.71. The predicted octanol–water partition coefficient (Wildman–Crippen LogP) is 3.30. The molecule has 2 rings (SSSR count). The maximum Gasteiger partial charge on any atom is 0.416 e. The molecule has 1 aliphatic rings.